The van der Waals surface area contributed by atoms with Crippen molar-refractivity contribution < 1.29 is 4.79 Å². The number of nitrogens with zero attached hydrogens (tertiary/aromatic N) is 4. The van der Waals surface area contributed by atoms with Gasteiger partial charge in [0, 0.05) is 13.2 Å². The van der Waals surface area contributed by atoms with E-state index in [0.29, 0.717) is 5.69 Å². The predicted octanol–water partition coefficient (Wildman–Crippen LogP) is 0.476. The van der Waals surface area contributed by atoms with E-state index in [9.17, 15) is 4.79 Å². The number of aromatic nitrogens is 4. The molecule has 0 aliphatic heterocycles. The summed E-state index contributed by atoms with van der Waals surface area (Å²) in [6, 6.07) is 3.56. The highest BCUT2D eigenvalue weighted by Crippen LogP contribution is 2.11. The highest BCUT2D eigenvalue weighted by atomic mass is 16.2. The van der Waals surface area contributed by atoms with Crippen molar-refractivity contribution in [3.05, 3.63) is 36.4 Å². The lowest BCUT2D eigenvalue weighted by atomic mass is 10.3. The third-order valence-corrected chi connectivity index (χ3v) is 1.97. The molecule has 6 heteroatoms. The van der Waals surface area contributed by atoms with E-state index in [1.165, 1.54) is 11.1 Å². The highest BCUT2D eigenvalue weighted by Gasteiger charge is 2.15. The van der Waals surface area contributed by atoms with Crippen LogP contribution >= 0.6 is 0 Å². The van der Waals surface area contributed by atoms with Crippen LogP contribution in [-0.4, -0.2) is 33.3 Å². The van der Waals surface area contributed by atoms with Crippen molar-refractivity contribution in [1.82, 2.24) is 20.4 Å². The zero-order valence-electron chi connectivity index (χ0n) is 8.08. The summed E-state index contributed by atoms with van der Waals surface area (Å²) in [4.78, 5) is 17.2. The Morgan fingerprint density at radius 2 is 2.33 bits per heavy atom. The quantitative estimate of drug-likeness (QED) is 0.770. The molecule has 0 radical (unpaired) electrons. The van der Waals surface area contributed by atoms with Crippen molar-refractivity contribution in [3.63, 3.8) is 0 Å². The monoisotopic (exact) mass is 203 g/mol. The molecule has 0 saturated heterocycles. The van der Waals surface area contributed by atoms with Crippen LogP contribution in [0.1, 0.15) is 10.5 Å². The van der Waals surface area contributed by atoms with Gasteiger partial charge in [0.2, 0.25) is 0 Å². The summed E-state index contributed by atoms with van der Waals surface area (Å²) in [5.41, 5.74) is 0.992. The van der Waals surface area contributed by atoms with Gasteiger partial charge in [0.05, 0.1) is 18.1 Å². The van der Waals surface area contributed by atoms with Crippen LogP contribution in [-0.2, 0) is 0 Å². The number of aromatic amines is 1. The lowest BCUT2D eigenvalue weighted by molar-refractivity contribution is 0.0988. The number of hydrogen-bond donors (Lipinski definition) is 1. The summed E-state index contributed by atoms with van der Waals surface area (Å²) >= 11 is 0. The number of rotatable bonds is 2. The average molecular weight is 203 g/mol. The Bertz CT molecular complexity index is 439. The van der Waals surface area contributed by atoms with E-state index >= 15 is 0 Å². The normalized spacial score (nSPS) is 9.93. The largest absolute Gasteiger partial charge is 0.308 e. The molecule has 1 amide bonds. The minimum absolute atomic E-state index is 0.225. The first-order valence-corrected chi connectivity index (χ1v) is 4.33. The van der Waals surface area contributed by atoms with Gasteiger partial charge in [-0.05, 0) is 12.1 Å². The van der Waals surface area contributed by atoms with Crippen LogP contribution in [0.5, 0.6) is 0 Å². The zero-order valence-corrected chi connectivity index (χ0v) is 8.08. The molecular weight excluding hydrogens is 194 g/mol. The maximum atomic E-state index is 11.8. The van der Waals surface area contributed by atoms with Gasteiger partial charge >= 0.3 is 0 Å². The Kier molecular flexibility index (Phi) is 2.40. The first kappa shape index (κ1) is 9.32. The second-order valence-electron chi connectivity index (χ2n) is 2.93. The molecule has 0 aromatic carbocycles. The first-order chi connectivity index (χ1) is 7.29. The van der Waals surface area contributed by atoms with Crippen molar-refractivity contribution >= 4 is 11.6 Å². The predicted molar refractivity (Wildman–Crippen MR) is 53.4 cm³/mol. The van der Waals surface area contributed by atoms with E-state index in [-0.39, 0.29) is 11.6 Å². The molecule has 0 saturated carbocycles. The summed E-state index contributed by atoms with van der Waals surface area (Å²) in [6.07, 6.45) is 4.64. The van der Waals surface area contributed by atoms with Crippen molar-refractivity contribution in [1.29, 1.82) is 0 Å². The third kappa shape index (κ3) is 1.83. The maximum Gasteiger partial charge on any atom is 0.280 e. The fourth-order valence-corrected chi connectivity index (χ4v) is 1.15. The number of hydrogen-bond acceptors (Lipinski definition) is 4. The second-order valence-corrected chi connectivity index (χ2v) is 2.93. The molecular formula is C9H9N5O. The molecule has 2 rings (SSSR count). The lowest BCUT2D eigenvalue weighted by Gasteiger charge is -2.14. The summed E-state index contributed by atoms with van der Waals surface area (Å²) in [5, 5.41) is 9.69. The van der Waals surface area contributed by atoms with Crippen molar-refractivity contribution in [2.45, 2.75) is 0 Å². The summed E-state index contributed by atoms with van der Waals surface area (Å²) < 4.78 is 0. The van der Waals surface area contributed by atoms with Crippen molar-refractivity contribution in [3.8, 4) is 0 Å². The molecule has 0 aliphatic rings. The van der Waals surface area contributed by atoms with Gasteiger partial charge < -0.3 is 4.90 Å². The molecule has 0 atom stereocenters. The maximum absolute atomic E-state index is 11.8. The number of carbonyl (C=O) groups is 1. The van der Waals surface area contributed by atoms with E-state index in [2.05, 4.69) is 20.4 Å². The summed E-state index contributed by atoms with van der Waals surface area (Å²) in [7, 11) is 1.66. The second kappa shape index (κ2) is 3.87. The first-order valence-electron chi connectivity index (χ1n) is 4.33. The van der Waals surface area contributed by atoms with E-state index in [1.54, 1.807) is 31.6 Å². The standard InChI is InChI=1S/C9H9N5O/c1-14(7-3-2-4-10-5-7)9(15)8-6-11-13-12-8/h2-6H,1H3,(H,11,12,13). The van der Waals surface area contributed by atoms with Crippen LogP contribution in [0, 0.1) is 0 Å². The minimum atomic E-state index is -0.225. The van der Waals surface area contributed by atoms with Crippen molar-refractivity contribution in [2.24, 2.45) is 0 Å². The van der Waals surface area contributed by atoms with Gasteiger partial charge in [0.15, 0.2) is 5.69 Å². The van der Waals surface area contributed by atoms with Crippen LogP contribution in [0.3, 0.4) is 0 Å². The van der Waals surface area contributed by atoms with E-state index in [4.69, 9.17) is 0 Å². The number of amides is 1. The molecule has 6 nitrogen and oxygen atoms in total. The number of anilines is 1. The molecule has 2 heterocycles. The van der Waals surface area contributed by atoms with Gasteiger partial charge in [0.25, 0.3) is 5.91 Å². The van der Waals surface area contributed by atoms with E-state index in [0.717, 1.165) is 0 Å². The van der Waals surface area contributed by atoms with Gasteiger partial charge in [-0.2, -0.15) is 15.4 Å². The molecule has 0 aliphatic carbocycles. The molecule has 76 valence electrons. The SMILES string of the molecule is CN(C(=O)c1cn[nH]n1)c1cccnc1. The minimum Gasteiger partial charge on any atom is -0.308 e. The van der Waals surface area contributed by atoms with Crippen LogP contribution < -0.4 is 4.90 Å². The number of H-pyrrole nitrogens is 1. The highest BCUT2D eigenvalue weighted by molar-refractivity contribution is 6.03. The molecule has 0 bridgehead atoms. The van der Waals surface area contributed by atoms with Gasteiger partial charge in [-0.1, -0.05) is 0 Å². The Morgan fingerprint density at radius 3 is 2.93 bits per heavy atom. The van der Waals surface area contributed by atoms with Gasteiger partial charge in [-0.15, -0.1) is 0 Å². The molecule has 2 aromatic heterocycles. The summed E-state index contributed by atoms with van der Waals surface area (Å²) in [5.74, 6) is -0.225. The van der Waals surface area contributed by atoms with E-state index in [1.807, 2.05) is 0 Å². The van der Waals surface area contributed by atoms with Crippen LogP contribution in [0.15, 0.2) is 30.7 Å². The fraction of sp³-hybridized carbons (Fsp3) is 0.111. The van der Waals surface area contributed by atoms with Crippen LogP contribution in [0.2, 0.25) is 0 Å². The van der Waals surface area contributed by atoms with Gasteiger partial charge in [0.1, 0.15) is 0 Å². The molecule has 0 unspecified atom stereocenters. The number of pyridine rings is 1. The molecule has 0 fully saturated rings. The average Bonchev–Trinajstić information content (AvgIpc) is 2.82. The van der Waals surface area contributed by atoms with Crippen LogP contribution in [0.25, 0.3) is 0 Å². The Labute approximate surface area is 85.9 Å². The van der Waals surface area contributed by atoms with Crippen molar-refractivity contribution in [2.75, 3.05) is 11.9 Å². The Hall–Kier alpha value is -2.24. The lowest BCUT2D eigenvalue weighted by Crippen LogP contribution is -2.26. The van der Waals surface area contributed by atoms with Gasteiger partial charge in [-0.3, -0.25) is 9.78 Å². The molecule has 1 N–H and O–H groups in total. The number of carbonyl (C=O) groups excluding carboxylic acids is 1. The zero-order chi connectivity index (χ0) is 10.7. The third-order valence-electron chi connectivity index (χ3n) is 1.97. The smallest absolute Gasteiger partial charge is 0.280 e. The molecule has 0 spiro atoms. The topological polar surface area (TPSA) is 74.8 Å². The molecule has 15 heavy (non-hydrogen) atoms. The fourth-order valence-electron chi connectivity index (χ4n) is 1.15. The van der Waals surface area contributed by atoms with Gasteiger partial charge in [-0.25, -0.2) is 0 Å². The summed E-state index contributed by atoms with van der Waals surface area (Å²) in [6.45, 7) is 0. The Morgan fingerprint density at radius 1 is 1.47 bits per heavy atom. The van der Waals surface area contributed by atoms with E-state index < -0.39 is 0 Å². The number of nitrogens with one attached hydrogen (secondary N) is 1. The van der Waals surface area contributed by atoms with Crippen LogP contribution in [0.4, 0.5) is 5.69 Å². The Balaban J connectivity index is 2.23. The molecule has 2 aromatic rings.